The van der Waals surface area contributed by atoms with Crippen molar-refractivity contribution < 1.29 is 31.0 Å². The summed E-state index contributed by atoms with van der Waals surface area (Å²) in [5.41, 5.74) is 0. The van der Waals surface area contributed by atoms with E-state index in [0.717, 1.165) is 19.6 Å². The number of hydrogen-bond acceptors (Lipinski definition) is 8. The van der Waals surface area contributed by atoms with Crippen molar-refractivity contribution in [3.8, 4) is 11.5 Å². The molecule has 182 valence electrons. The van der Waals surface area contributed by atoms with Gasteiger partial charge in [-0.25, -0.2) is 16.8 Å². The first-order chi connectivity index (χ1) is 15.3. The van der Waals surface area contributed by atoms with Crippen LogP contribution in [0.3, 0.4) is 0 Å². The number of hydrogen-bond donors (Lipinski definition) is 0. The van der Waals surface area contributed by atoms with Crippen molar-refractivity contribution >= 4 is 19.9 Å². The van der Waals surface area contributed by atoms with Gasteiger partial charge in [0.25, 0.3) is 0 Å². The van der Waals surface area contributed by atoms with Gasteiger partial charge >= 0.3 is 0 Å². The third-order valence-corrected chi connectivity index (χ3v) is 9.39. The van der Waals surface area contributed by atoms with E-state index in [1.165, 1.54) is 16.4 Å². The van der Waals surface area contributed by atoms with Gasteiger partial charge < -0.3 is 14.2 Å². The van der Waals surface area contributed by atoms with Gasteiger partial charge in [0, 0.05) is 31.7 Å². The molecule has 0 radical (unpaired) electrons. The molecule has 1 unspecified atom stereocenters. The maximum atomic E-state index is 13.6. The topological polar surface area (TPSA) is 102 Å². The molecule has 0 spiro atoms. The standard InChI is InChI=1S/C21H34N2O7S2/c1-3-29-20-7-6-19(16-21(20)30-4-2)32(26,27)23(18-8-15-31(24,25)17-18)10-5-9-22-11-13-28-14-12-22/h6-7,16,18H,3-5,8-15,17H2,1-2H3. The monoisotopic (exact) mass is 490 g/mol. The molecule has 11 heteroatoms. The Morgan fingerprint density at radius 2 is 1.81 bits per heavy atom. The SMILES string of the molecule is CCOc1ccc(S(=O)(=O)N(CCCN2CCOCC2)C2CCS(=O)(=O)C2)cc1OCC. The number of ether oxygens (including phenoxy) is 3. The van der Waals surface area contributed by atoms with Crippen LogP contribution in [0.4, 0.5) is 0 Å². The lowest BCUT2D eigenvalue weighted by atomic mass is 10.2. The fourth-order valence-electron chi connectivity index (χ4n) is 4.10. The Balaban J connectivity index is 1.83. The Kier molecular flexibility index (Phi) is 8.79. The van der Waals surface area contributed by atoms with Crippen LogP contribution in [0.1, 0.15) is 26.7 Å². The van der Waals surface area contributed by atoms with Crippen LogP contribution in [0.5, 0.6) is 11.5 Å². The Morgan fingerprint density at radius 3 is 2.44 bits per heavy atom. The highest BCUT2D eigenvalue weighted by atomic mass is 32.2. The smallest absolute Gasteiger partial charge is 0.243 e. The van der Waals surface area contributed by atoms with Crippen LogP contribution in [0.15, 0.2) is 23.1 Å². The second-order valence-electron chi connectivity index (χ2n) is 7.95. The molecule has 3 rings (SSSR count). The van der Waals surface area contributed by atoms with Gasteiger partial charge in [-0.2, -0.15) is 4.31 Å². The van der Waals surface area contributed by atoms with E-state index in [2.05, 4.69) is 4.90 Å². The van der Waals surface area contributed by atoms with Crippen LogP contribution in [0.2, 0.25) is 0 Å². The zero-order valence-corrected chi connectivity index (χ0v) is 20.5. The van der Waals surface area contributed by atoms with E-state index >= 15 is 0 Å². The van der Waals surface area contributed by atoms with Crippen LogP contribution in [0, 0.1) is 0 Å². The average Bonchev–Trinajstić information content (AvgIpc) is 3.12. The summed E-state index contributed by atoms with van der Waals surface area (Å²) in [4.78, 5) is 2.32. The summed E-state index contributed by atoms with van der Waals surface area (Å²) in [7, 11) is -7.16. The number of benzene rings is 1. The Hall–Kier alpha value is -1.40. The number of morpholine rings is 1. The number of sulfone groups is 1. The number of nitrogens with zero attached hydrogens (tertiary/aromatic N) is 2. The molecule has 1 aromatic carbocycles. The second kappa shape index (κ2) is 11.1. The predicted molar refractivity (Wildman–Crippen MR) is 122 cm³/mol. The van der Waals surface area contributed by atoms with Crippen LogP contribution in [0.25, 0.3) is 0 Å². The van der Waals surface area contributed by atoms with Gasteiger partial charge in [-0.15, -0.1) is 0 Å². The Morgan fingerprint density at radius 1 is 1.12 bits per heavy atom. The summed E-state index contributed by atoms with van der Waals surface area (Å²) < 4.78 is 69.4. The van der Waals surface area contributed by atoms with Crippen molar-refractivity contribution in [3.05, 3.63) is 18.2 Å². The first kappa shape index (κ1) is 25.2. The van der Waals surface area contributed by atoms with Gasteiger partial charge in [0.1, 0.15) is 0 Å². The molecule has 2 fully saturated rings. The third-order valence-electron chi connectivity index (χ3n) is 5.69. The first-order valence-electron chi connectivity index (χ1n) is 11.2. The molecular formula is C21H34N2O7S2. The first-order valence-corrected chi connectivity index (χ1v) is 14.4. The van der Waals surface area contributed by atoms with Crippen LogP contribution >= 0.6 is 0 Å². The maximum absolute atomic E-state index is 13.6. The predicted octanol–water partition coefficient (Wildman–Crippen LogP) is 1.38. The van der Waals surface area contributed by atoms with Gasteiger partial charge in [-0.05, 0) is 45.4 Å². The molecule has 1 aromatic rings. The van der Waals surface area contributed by atoms with Crippen LogP contribution in [-0.4, -0.2) is 96.2 Å². The summed E-state index contributed by atoms with van der Waals surface area (Å²) >= 11 is 0. The Labute approximate surface area is 191 Å². The summed E-state index contributed by atoms with van der Waals surface area (Å²) in [5.74, 6) is 0.720. The van der Waals surface area contributed by atoms with E-state index in [0.29, 0.717) is 50.8 Å². The van der Waals surface area contributed by atoms with Gasteiger partial charge in [0.05, 0.1) is 42.8 Å². The molecule has 2 aliphatic rings. The van der Waals surface area contributed by atoms with Crippen molar-refractivity contribution in [3.63, 3.8) is 0 Å². The highest BCUT2D eigenvalue weighted by molar-refractivity contribution is 7.92. The second-order valence-corrected chi connectivity index (χ2v) is 12.1. The summed E-state index contributed by atoms with van der Waals surface area (Å²) in [6.07, 6.45) is 0.930. The molecule has 9 nitrogen and oxygen atoms in total. The molecule has 1 atom stereocenters. The van der Waals surface area contributed by atoms with Crippen LogP contribution in [-0.2, 0) is 24.6 Å². The third kappa shape index (κ3) is 6.34. The lowest BCUT2D eigenvalue weighted by Crippen LogP contribution is -2.43. The van der Waals surface area contributed by atoms with Crippen molar-refractivity contribution in [2.24, 2.45) is 0 Å². The molecule has 2 saturated heterocycles. The fraction of sp³-hybridized carbons (Fsp3) is 0.714. The van der Waals surface area contributed by atoms with Crippen molar-refractivity contribution in [1.29, 1.82) is 0 Å². The minimum absolute atomic E-state index is 0.0145. The van der Waals surface area contributed by atoms with Crippen molar-refractivity contribution in [2.75, 3.05) is 64.1 Å². The number of sulfonamides is 1. The molecule has 0 bridgehead atoms. The lowest BCUT2D eigenvalue weighted by Gasteiger charge is -2.30. The molecule has 2 aliphatic heterocycles. The van der Waals surface area contributed by atoms with E-state index < -0.39 is 25.9 Å². The highest BCUT2D eigenvalue weighted by Gasteiger charge is 2.39. The summed E-state index contributed by atoms with van der Waals surface area (Å²) in [5, 5.41) is 0. The van der Waals surface area contributed by atoms with Crippen molar-refractivity contribution in [2.45, 2.75) is 37.6 Å². The van der Waals surface area contributed by atoms with Crippen molar-refractivity contribution in [1.82, 2.24) is 9.21 Å². The quantitative estimate of drug-likeness (QED) is 0.459. The maximum Gasteiger partial charge on any atom is 0.243 e. The normalized spacial score (nSPS) is 21.7. The molecule has 0 aliphatic carbocycles. The molecule has 0 amide bonds. The minimum Gasteiger partial charge on any atom is -0.490 e. The molecule has 0 saturated carbocycles. The van der Waals surface area contributed by atoms with Gasteiger partial charge in [-0.1, -0.05) is 0 Å². The zero-order valence-electron chi connectivity index (χ0n) is 18.9. The van der Waals surface area contributed by atoms with Gasteiger partial charge in [0.2, 0.25) is 10.0 Å². The average molecular weight is 491 g/mol. The molecule has 0 aromatic heterocycles. The summed E-state index contributed by atoms with van der Waals surface area (Å²) in [6, 6.07) is 4.01. The minimum atomic E-state index is -3.92. The van der Waals surface area contributed by atoms with Gasteiger partial charge in [-0.3, -0.25) is 4.90 Å². The van der Waals surface area contributed by atoms with E-state index in [-0.39, 0.29) is 22.9 Å². The Bertz CT molecular complexity index is 960. The largest absolute Gasteiger partial charge is 0.490 e. The van der Waals surface area contributed by atoms with Crippen LogP contribution < -0.4 is 9.47 Å². The molecule has 2 heterocycles. The van der Waals surface area contributed by atoms with E-state index in [9.17, 15) is 16.8 Å². The zero-order chi connectivity index (χ0) is 23.2. The summed E-state index contributed by atoms with van der Waals surface area (Å²) in [6.45, 7) is 8.45. The molecular weight excluding hydrogens is 456 g/mol. The van der Waals surface area contributed by atoms with E-state index in [1.54, 1.807) is 6.07 Å². The molecule has 32 heavy (non-hydrogen) atoms. The van der Waals surface area contributed by atoms with E-state index in [4.69, 9.17) is 14.2 Å². The molecule has 0 N–H and O–H groups in total. The van der Waals surface area contributed by atoms with E-state index in [1.807, 2.05) is 13.8 Å². The highest BCUT2D eigenvalue weighted by Crippen LogP contribution is 2.33. The number of rotatable bonds is 11. The fourth-order valence-corrected chi connectivity index (χ4v) is 7.64. The van der Waals surface area contributed by atoms with Gasteiger partial charge in [0.15, 0.2) is 21.3 Å². The lowest BCUT2D eigenvalue weighted by molar-refractivity contribution is 0.0367.